The van der Waals surface area contributed by atoms with Crippen molar-refractivity contribution in [1.82, 2.24) is 4.90 Å². The van der Waals surface area contributed by atoms with E-state index in [0.717, 1.165) is 29.7 Å². The topological polar surface area (TPSA) is 102 Å². The molecule has 8 nitrogen and oxygen atoms in total. The van der Waals surface area contributed by atoms with Crippen LogP contribution in [0.15, 0.2) is 0 Å². The molecule has 1 saturated heterocycles. The molecule has 0 aliphatic carbocycles. The molecule has 0 atom stereocenters. The summed E-state index contributed by atoms with van der Waals surface area (Å²) in [5, 5.41) is 3.03. The molecule has 1 fully saturated rings. The Bertz CT molecular complexity index is 773. The van der Waals surface area contributed by atoms with Gasteiger partial charge in [-0.05, 0) is 38.7 Å². The highest BCUT2D eigenvalue weighted by molar-refractivity contribution is 7.16. The molecule has 0 aromatic carbocycles. The molecule has 0 bridgehead atoms. The van der Waals surface area contributed by atoms with E-state index in [2.05, 4.69) is 5.32 Å². The van der Waals surface area contributed by atoms with Crippen molar-refractivity contribution in [3.8, 4) is 0 Å². The number of amides is 2. The van der Waals surface area contributed by atoms with Crippen molar-refractivity contribution < 1.29 is 28.7 Å². The van der Waals surface area contributed by atoms with Gasteiger partial charge in [0.25, 0.3) is 5.91 Å². The van der Waals surface area contributed by atoms with Gasteiger partial charge in [0.1, 0.15) is 11.5 Å². The van der Waals surface area contributed by atoms with Crippen molar-refractivity contribution in [3.05, 3.63) is 16.0 Å². The van der Waals surface area contributed by atoms with Gasteiger partial charge < -0.3 is 19.7 Å². The molecule has 2 amide bonds. The number of nitrogens with zero attached hydrogens (tertiary/aromatic N) is 1. The van der Waals surface area contributed by atoms with Gasteiger partial charge in [0.2, 0.25) is 5.91 Å². The minimum absolute atomic E-state index is 0.0656. The van der Waals surface area contributed by atoms with Gasteiger partial charge in [-0.3, -0.25) is 14.4 Å². The second kappa shape index (κ2) is 10.9. The van der Waals surface area contributed by atoms with Crippen molar-refractivity contribution >= 4 is 40.1 Å². The van der Waals surface area contributed by atoms with E-state index in [9.17, 15) is 19.2 Å². The lowest BCUT2D eigenvalue weighted by atomic mass is 10.1. The molecule has 0 unspecified atom stereocenters. The fourth-order valence-electron chi connectivity index (χ4n) is 3.23. The first kappa shape index (κ1) is 22.9. The number of nitrogens with one attached hydrogen (secondary N) is 1. The van der Waals surface area contributed by atoms with Crippen molar-refractivity contribution in [2.45, 2.75) is 52.9 Å². The van der Waals surface area contributed by atoms with Crippen LogP contribution < -0.4 is 5.32 Å². The van der Waals surface area contributed by atoms with E-state index in [1.807, 2.05) is 13.8 Å². The van der Waals surface area contributed by atoms with E-state index in [0.29, 0.717) is 30.0 Å². The number of ether oxygens (including phenoxy) is 2. The molecule has 1 aliphatic heterocycles. The normalized spacial score (nSPS) is 14.3. The van der Waals surface area contributed by atoms with Gasteiger partial charge in [-0.1, -0.05) is 13.3 Å². The zero-order chi connectivity index (χ0) is 21.4. The summed E-state index contributed by atoms with van der Waals surface area (Å²) in [6.07, 6.45) is 3.71. The summed E-state index contributed by atoms with van der Waals surface area (Å²) in [6, 6.07) is 0. The molecule has 29 heavy (non-hydrogen) atoms. The average Bonchev–Trinajstić information content (AvgIpc) is 2.85. The third-order valence-corrected chi connectivity index (χ3v) is 5.71. The number of likely N-dealkylation sites (tertiary alicyclic amines) is 1. The van der Waals surface area contributed by atoms with Gasteiger partial charge in [-0.15, -0.1) is 11.3 Å². The van der Waals surface area contributed by atoms with Crippen LogP contribution in [0.2, 0.25) is 0 Å². The predicted molar refractivity (Wildman–Crippen MR) is 109 cm³/mol. The largest absolute Gasteiger partial charge is 0.462 e. The zero-order valence-electron chi connectivity index (χ0n) is 17.2. The number of thiophene rings is 1. The van der Waals surface area contributed by atoms with E-state index in [4.69, 9.17) is 9.47 Å². The van der Waals surface area contributed by atoms with E-state index in [-0.39, 0.29) is 19.1 Å². The molecule has 2 rings (SSSR count). The van der Waals surface area contributed by atoms with Crippen LogP contribution in [0.25, 0.3) is 0 Å². The molecule has 1 aromatic rings. The Morgan fingerprint density at radius 2 is 1.90 bits per heavy atom. The Morgan fingerprint density at radius 3 is 2.59 bits per heavy atom. The first-order valence-electron chi connectivity index (χ1n) is 9.89. The summed E-state index contributed by atoms with van der Waals surface area (Å²) in [5.74, 6) is -1.72. The summed E-state index contributed by atoms with van der Waals surface area (Å²) in [5.41, 5.74) is 1.19. The van der Waals surface area contributed by atoms with Crippen LogP contribution in [0, 0.1) is 6.92 Å². The van der Waals surface area contributed by atoms with Crippen LogP contribution in [-0.4, -0.2) is 55.0 Å². The minimum atomic E-state index is -0.627. The van der Waals surface area contributed by atoms with Gasteiger partial charge in [0, 0.05) is 17.8 Å². The molecular weight excluding hydrogens is 396 g/mol. The quantitative estimate of drug-likeness (QED) is 0.644. The molecule has 1 aromatic heterocycles. The maximum absolute atomic E-state index is 12.3. The molecule has 9 heteroatoms. The number of hydrogen-bond acceptors (Lipinski definition) is 7. The third-order valence-electron chi connectivity index (χ3n) is 4.65. The predicted octanol–water partition coefficient (Wildman–Crippen LogP) is 2.68. The lowest BCUT2D eigenvalue weighted by molar-refractivity contribution is -0.151. The van der Waals surface area contributed by atoms with Crippen molar-refractivity contribution in [2.24, 2.45) is 0 Å². The van der Waals surface area contributed by atoms with Crippen LogP contribution in [0.5, 0.6) is 0 Å². The van der Waals surface area contributed by atoms with Gasteiger partial charge in [-0.25, -0.2) is 4.79 Å². The Labute approximate surface area is 174 Å². The highest BCUT2D eigenvalue weighted by atomic mass is 32.1. The average molecular weight is 425 g/mol. The van der Waals surface area contributed by atoms with Gasteiger partial charge >= 0.3 is 11.9 Å². The molecule has 0 spiro atoms. The number of esters is 2. The van der Waals surface area contributed by atoms with Gasteiger partial charge in [0.05, 0.1) is 12.2 Å². The molecular formula is C20H28N2O6S. The maximum atomic E-state index is 12.3. The fourth-order valence-corrected chi connectivity index (χ4v) is 4.38. The Balaban J connectivity index is 1.94. The lowest BCUT2D eigenvalue weighted by Crippen LogP contribution is -2.36. The van der Waals surface area contributed by atoms with E-state index >= 15 is 0 Å². The number of carbonyl (C=O) groups is 4. The van der Waals surface area contributed by atoms with Crippen molar-refractivity contribution in [2.75, 3.05) is 31.6 Å². The second-order valence-corrected chi connectivity index (χ2v) is 7.97. The molecule has 1 aliphatic rings. The molecule has 0 radical (unpaired) electrons. The summed E-state index contributed by atoms with van der Waals surface area (Å²) >= 11 is 1.29. The van der Waals surface area contributed by atoms with Crippen LogP contribution in [-0.2, 0) is 30.3 Å². The Hall–Kier alpha value is -2.42. The van der Waals surface area contributed by atoms with Crippen LogP contribution >= 0.6 is 11.3 Å². The number of anilines is 1. The third kappa shape index (κ3) is 6.28. The highest BCUT2D eigenvalue weighted by Gasteiger charge is 2.24. The van der Waals surface area contributed by atoms with E-state index < -0.39 is 24.5 Å². The fraction of sp³-hybridized carbons (Fsp3) is 0.600. The number of aryl methyl sites for hydroxylation is 1. The van der Waals surface area contributed by atoms with Crippen molar-refractivity contribution in [1.29, 1.82) is 0 Å². The van der Waals surface area contributed by atoms with Gasteiger partial charge in [0.15, 0.2) is 6.61 Å². The SMILES string of the molecule is CCOC(=O)c1c(NC(=O)COC(=O)CN2CCCCCC2=O)sc(C)c1CC. The van der Waals surface area contributed by atoms with Crippen LogP contribution in [0.4, 0.5) is 5.00 Å². The monoisotopic (exact) mass is 424 g/mol. The first-order chi connectivity index (χ1) is 13.9. The van der Waals surface area contributed by atoms with E-state index in [1.165, 1.54) is 16.2 Å². The summed E-state index contributed by atoms with van der Waals surface area (Å²) in [7, 11) is 0. The van der Waals surface area contributed by atoms with Crippen LogP contribution in [0.1, 0.15) is 60.3 Å². The van der Waals surface area contributed by atoms with Crippen LogP contribution in [0.3, 0.4) is 0 Å². The molecule has 0 saturated carbocycles. The van der Waals surface area contributed by atoms with Crippen molar-refractivity contribution in [3.63, 3.8) is 0 Å². The summed E-state index contributed by atoms with van der Waals surface area (Å²) in [4.78, 5) is 50.9. The molecule has 160 valence electrons. The summed E-state index contributed by atoms with van der Waals surface area (Å²) < 4.78 is 10.1. The molecule has 1 N–H and O–H groups in total. The Kier molecular flexibility index (Phi) is 8.63. The molecule has 2 heterocycles. The summed E-state index contributed by atoms with van der Waals surface area (Å²) in [6.45, 7) is 5.64. The standard InChI is InChI=1S/C20H28N2O6S/c1-4-14-13(3)29-19(18(14)20(26)27-5-2)21-15(23)12-28-17(25)11-22-10-8-6-7-9-16(22)24/h4-12H2,1-3H3,(H,21,23). The number of rotatable bonds is 8. The van der Waals surface area contributed by atoms with Gasteiger partial charge in [-0.2, -0.15) is 0 Å². The Morgan fingerprint density at radius 1 is 1.14 bits per heavy atom. The first-order valence-corrected chi connectivity index (χ1v) is 10.7. The van der Waals surface area contributed by atoms with E-state index in [1.54, 1.807) is 6.92 Å². The minimum Gasteiger partial charge on any atom is -0.462 e. The zero-order valence-corrected chi connectivity index (χ0v) is 18.0. The number of carbonyl (C=O) groups excluding carboxylic acids is 4. The lowest BCUT2D eigenvalue weighted by Gasteiger charge is -2.19. The number of hydrogen-bond donors (Lipinski definition) is 1. The highest BCUT2D eigenvalue weighted by Crippen LogP contribution is 2.34. The second-order valence-electron chi connectivity index (χ2n) is 6.75. The smallest absolute Gasteiger partial charge is 0.341 e. The maximum Gasteiger partial charge on any atom is 0.341 e.